The standard InChI is InChI=1S/C59H63ClO11/c1-3-5-7-9-11-13-15-17-39-66-48-30-21-44(22-31-48)56(62)69-50-36-27-46(28-37-50)58(64)71-53-38-29-42-19-20-47(41-52(42)54(53)60)59(65)70-51-34-25-45(26-35-51)57(63)68-49-32-23-43(24-33-49)55(61)67-40-18-16-14-12-10-8-6-4-2/h19-38,41H,3-18,39-40H2,1-2H3. The smallest absolute Gasteiger partial charge is 0.343 e. The van der Waals surface area contributed by atoms with Gasteiger partial charge in [0, 0.05) is 5.39 Å². The Morgan fingerprint density at radius 3 is 1.18 bits per heavy atom. The minimum Gasteiger partial charge on any atom is -0.494 e. The Labute approximate surface area is 421 Å². The number of benzene rings is 6. The largest absolute Gasteiger partial charge is 0.494 e. The first-order chi connectivity index (χ1) is 34.6. The quantitative estimate of drug-likeness (QED) is 0.0263. The van der Waals surface area contributed by atoms with Gasteiger partial charge in [-0.1, -0.05) is 127 Å². The number of halogens is 1. The second-order valence-corrected chi connectivity index (χ2v) is 17.8. The number of rotatable bonds is 28. The van der Waals surface area contributed by atoms with Crippen LogP contribution in [0.5, 0.6) is 28.7 Å². The zero-order valence-corrected chi connectivity index (χ0v) is 41.5. The number of hydrogen-bond acceptors (Lipinski definition) is 11. The fourth-order valence-corrected chi connectivity index (χ4v) is 7.97. The zero-order valence-electron chi connectivity index (χ0n) is 40.7. The second kappa shape index (κ2) is 28.6. The minimum absolute atomic E-state index is 0.0701. The van der Waals surface area contributed by atoms with Crippen LogP contribution in [0.4, 0.5) is 0 Å². The highest BCUT2D eigenvalue weighted by Crippen LogP contribution is 2.34. The monoisotopic (exact) mass is 982 g/mol. The van der Waals surface area contributed by atoms with Crippen LogP contribution in [0.3, 0.4) is 0 Å². The Balaban J connectivity index is 0.938. The van der Waals surface area contributed by atoms with Crippen molar-refractivity contribution in [2.75, 3.05) is 13.2 Å². The van der Waals surface area contributed by atoms with Crippen LogP contribution in [0.15, 0.2) is 127 Å². The number of unbranched alkanes of at least 4 members (excludes halogenated alkanes) is 14. The highest BCUT2D eigenvalue weighted by molar-refractivity contribution is 6.37. The molecule has 0 aliphatic heterocycles. The first-order valence-electron chi connectivity index (χ1n) is 24.9. The molecule has 0 saturated heterocycles. The second-order valence-electron chi connectivity index (χ2n) is 17.4. The fourth-order valence-electron chi connectivity index (χ4n) is 7.70. The van der Waals surface area contributed by atoms with E-state index >= 15 is 0 Å². The molecule has 6 rings (SSSR count). The van der Waals surface area contributed by atoms with E-state index in [0.29, 0.717) is 40.9 Å². The van der Waals surface area contributed by atoms with Crippen LogP contribution in [-0.2, 0) is 4.74 Å². The molecule has 6 aromatic carbocycles. The molecule has 0 radical (unpaired) electrons. The third-order valence-corrected chi connectivity index (χ3v) is 12.2. The molecule has 11 nitrogen and oxygen atoms in total. The van der Waals surface area contributed by atoms with Crippen LogP contribution in [0.2, 0.25) is 5.02 Å². The van der Waals surface area contributed by atoms with Crippen molar-refractivity contribution in [3.63, 3.8) is 0 Å². The highest BCUT2D eigenvalue weighted by atomic mass is 35.5. The SMILES string of the molecule is CCCCCCCCCCOC(=O)c1ccc(OC(=O)c2ccc(OC(=O)c3ccc4ccc(OC(=O)c5ccc(OC(=O)c6ccc(OCCCCCCCCCC)cc6)cc5)c(Cl)c4c3)cc2)cc1. The van der Waals surface area contributed by atoms with Crippen LogP contribution >= 0.6 is 11.6 Å². The Morgan fingerprint density at radius 2 is 0.718 bits per heavy atom. The van der Waals surface area contributed by atoms with Gasteiger partial charge in [-0.15, -0.1) is 0 Å². The minimum atomic E-state index is -0.700. The number of hydrogen-bond donors (Lipinski definition) is 0. The van der Waals surface area contributed by atoms with Gasteiger partial charge in [-0.25, -0.2) is 24.0 Å². The number of esters is 5. The van der Waals surface area contributed by atoms with Crippen LogP contribution in [0.25, 0.3) is 10.8 Å². The predicted molar refractivity (Wildman–Crippen MR) is 276 cm³/mol. The van der Waals surface area contributed by atoms with E-state index in [4.69, 9.17) is 40.0 Å². The summed E-state index contributed by atoms with van der Waals surface area (Å²) in [6, 6.07) is 32.8. The van der Waals surface area contributed by atoms with Gasteiger partial charge in [0.25, 0.3) is 0 Å². The van der Waals surface area contributed by atoms with E-state index in [0.717, 1.165) is 32.1 Å². The molecule has 0 bridgehead atoms. The number of fused-ring (bicyclic) bond motifs is 1. The van der Waals surface area contributed by atoms with E-state index in [-0.39, 0.29) is 44.7 Å². The number of carbonyl (C=O) groups excluding carboxylic acids is 5. The molecule has 6 aromatic rings. The first-order valence-corrected chi connectivity index (χ1v) is 25.3. The molecule has 372 valence electrons. The van der Waals surface area contributed by atoms with Gasteiger partial charge in [0.05, 0.1) is 46.1 Å². The summed E-state index contributed by atoms with van der Waals surface area (Å²) >= 11 is 6.74. The lowest BCUT2D eigenvalue weighted by molar-refractivity contribution is 0.0496. The summed E-state index contributed by atoms with van der Waals surface area (Å²) < 4.78 is 33.5. The van der Waals surface area contributed by atoms with Gasteiger partial charge in [-0.2, -0.15) is 0 Å². The average Bonchev–Trinajstić information content (AvgIpc) is 3.39. The topological polar surface area (TPSA) is 141 Å². The molecule has 12 heteroatoms. The lowest BCUT2D eigenvalue weighted by Gasteiger charge is -2.11. The zero-order chi connectivity index (χ0) is 50.2. The van der Waals surface area contributed by atoms with Gasteiger partial charge in [0.15, 0.2) is 0 Å². The van der Waals surface area contributed by atoms with Crippen LogP contribution in [-0.4, -0.2) is 43.1 Å². The maximum Gasteiger partial charge on any atom is 0.343 e. The number of ether oxygens (including phenoxy) is 6. The number of carbonyl (C=O) groups is 5. The molecule has 0 atom stereocenters. The maximum absolute atomic E-state index is 13.3. The van der Waals surface area contributed by atoms with Gasteiger partial charge in [0.1, 0.15) is 28.7 Å². The van der Waals surface area contributed by atoms with Crippen LogP contribution in [0.1, 0.15) is 168 Å². The van der Waals surface area contributed by atoms with Gasteiger partial charge in [0.2, 0.25) is 0 Å². The molecule has 0 aliphatic rings. The normalized spacial score (nSPS) is 10.9. The van der Waals surface area contributed by atoms with Crippen LogP contribution in [0, 0.1) is 0 Å². The van der Waals surface area contributed by atoms with Crippen molar-refractivity contribution in [2.45, 2.75) is 117 Å². The summed E-state index contributed by atoms with van der Waals surface area (Å²) in [5.41, 5.74) is 1.29. The maximum atomic E-state index is 13.3. The van der Waals surface area contributed by atoms with Crippen LogP contribution < -0.4 is 23.7 Å². The first kappa shape index (κ1) is 53.4. The van der Waals surface area contributed by atoms with Crippen molar-refractivity contribution in [1.29, 1.82) is 0 Å². The van der Waals surface area contributed by atoms with Crippen molar-refractivity contribution in [1.82, 2.24) is 0 Å². The Bertz CT molecular complexity index is 2660. The summed E-state index contributed by atoms with van der Waals surface area (Å²) in [5, 5.41) is 1.23. The molecule has 0 spiro atoms. The molecule has 0 amide bonds. The summed E-state index contributed by atoms with van der Waals surface area (Å²) in [6.07, 6.45) is 19.0. The predicted octanol–water partition coefficient (Wildman–Crippen LogP) is 15.2. The van der Waals surface area contributed by atoms with E-state index in [1.807, 2.05) is 0 Å². The summed E-state index contributed by atoms with van der Waals surface area (Å²) in [6.45, 7) is 5.41. The average molecular weight is 984 g/mol. The Kier molecular flexibility index (Phi) is 21.5. The lowest BCUT2D eigenvalue weighted by Crippen LogP contribution is -2.11. The third-order valence-electron chi connectivity index (χ3n) is 11.8. The van der Waals surface area contributed by atoms with E-state index in [1.165, 1.54) is 137 Å². The van der Waals surface area contributed by atoms with E-state index in [1.54, 1.807) is 60.7 Å². The van der Waals surface area contributed by atoms with Crippen molar-refractivity contribution in [3.8, 4) is 28.7 Å². The summed E-state index contributed by atoms with van der Waals surface area (Å²) in [5.74, 6) is -1.58. The van der Waals surface area contributed by atoms with Gasteiger partial charge in [-0.3, -0.25) is 0 Å². The Morgan fingerprint density at radius 1 is 0.366 bits per heavy atom. The van der Waals surface area contributed by atoms with Crippen molar-refractivity contribution < 1.29 is 52.4 Å². The van der Waals surface area contributed by atoms with E-state index in [2.05, 4.69) is 13.8 Å². The van der Waals surface area contributed by atoms with E-state index < -0.39 is 29.8 Å². The summed E-state index contributed by atoms with van der Waals surface area (Å²) in [7, 11) is 0. The molecule has 0 aromatic heterocycles. The molecule has 0 aliphatic carbocycles. The molecule has 71 heavy (non-hydrogen) atoms. The lowest BCUT2D eigenvalue weighted by atomic mass is 10.1. The van der Waals surface area contributed by atoms with Gasteiger partial charge >= 0.3 is 29.8 Å². The fraction of sp³-hybridized carbons (Fsp3) is 0.339. The molecule has 0 N–H and O–H groups in total. The molecule has 0 fully saturated rings. The molecule has 0 heterocycles. The molecule has 0 saturated carbocycles. The van der Waals surface area contributed by atoms with Gasteiger partial charge < -0.3 is 28.4 Å². The molecular formula is C59H63ClO11. The van der Waals surface area contributed by atoms with E-state index in [9.17, 15) is 24.0 Å². The van der Waals surface area contributed by atoms with Crippen molar-refractivity contribution in [3.05, 3.63) is 160 Å². The van der Waals surface area contributed by atoms with Crippen molar-refractivity contribution in [2.24, 2.45) is 0 Å². The molecule has 0 unspecified atom stereocenters. The Hall–Kier alpha value is -6.98. The third kappa shape index (κ3) is 17.1. The highest BCUT2D eigenvalue weighted by Gasteiger charge is 2.18. The molecular weight excluding hydrogens is 920 g/mol. The van der Waals surface area contributed by atoms with Crippen molar-refractivity contribution >= 4 is 52.2 Å². The van der Waals surface area contributed by atoms with Gasteiger partial charge in [-0.05, 0) is 133 Å². The summed E-state index contributed by atoms with van der Waals surface area (Å²) in [4.78, 5) is 64.7.